The van der Waals surface area contributed by atoms with E-state index in [2.05, 4.69) is 26.8 Å². The highest BCUT2D eigenvalue weighted by molar-refractivity contribution is 5.40. The van der Waals surface area contributed by atoms with Crippen LogP contribution < -0.4 is 0 Å². The van der Waals surface area contributed by atoms with E-state index in [4.69, 9.17) is 0 Å². The fourth-order valence-corrected chi connectivity index (χ4v) is 7.27. The molecule has 25 heavy (non-hydrogen) atoms. The van der Waals surface area contributed by atoms with E-state index in [0.29, 0.717) is 11.2 Å². The minimum absolute atomic E-state index is 0.448. The molecular weight excluding hydrogens is 304 g/mol. The van der Waals surface area contributed by atoms with E-state index in [-0.39, 0.29) is 0 Å². The second kappa shape index (κ2) is 6.63. The van der Waals surface area contributed by atoms with Crippen molar-refractivity contribution in [1.29, 1.82) is 0 Å². The molecule has 3 aliphatic rings. The van der Waals surface area contributed by atoms with Gasteiger partial charge in [-0.25, -0.2) is 0 Å². The van der Waals surface area contributed by atoms with Crippen molar-refractivity contribution in [2.75, 3.05) is 0 Å². The maximum atomic E-state index is 9.84. The number of rotatable bonds is 4. The largest absolute Gasteiger partial charge is 0.508 e. The van der Waals surface area contributed by atoms with Crippen LogP contribution in [0.1, 0.15) is 89.2 Å². The first-order valence-corrected chi connectivity index (χ1v) is 10.9. The molecule has 0 aromatic heterocycles. The molecule has 2 saturated carbocycles. The molecule has 1 nitrogen and oxygen atoms in total. The fourth-order valence-electron chi connectivity index (χ4n) is 7.27. The number of hydrogen-bond acceptors (Lipinski definition) is 1. The summed E-state index contributed by atoms with van der Waals surface area (Å²) in [5.41, 5.74) is 3.58. The van der Waals surface area contributed by atoms with Gasteiger partial charge in [-0.15, -0.1) is 0 Å². The number of phenolic OH excluding ortho intramolecular Hbond substituents is 1. The molecule has 0 bridgehead atoms. The summed E-state index contributed by atoms with van der Waals surface area (Å²) in [4.78, 5) is 0. The van der Waals surface area contributed by atoms with E-state index < -0.39 is 0 Å². The van der Waals surface area contributed by atoms with Gasteiger partial charge in [-0.3, -0.25) is 0 Å². The van der Waals surface area contributed by atoms with Gasteiger partial charge >= 0.3 is 0 Å². The van der Waals surface area contributed by atoms with Crippen molar-refractivity contribution in [3.8, 4) is 5.75 Å². The maximum absolute atomic E-state index is 9.84. The molecule has 1 aromatic rings. The van der Waals surface area contributed by atoms with Gasteiger partial charge in [-0.05, 0) is 96.8 Å². The molecule has 0 spiro atoms. The molecule has 138 valence electrons. The second-order valence-electron chi connectivity index (χ2n) is 9.65. The number of fused-ring (bicyclic) bond motifs is 5. The Hall–Kier alpha value is -0.980. The first-order chi connectivity index (χ1) is 12.0. The van der Waals surface area contributed by atoms with Crippen LogP contribution in [0.4, 0.5) is 0 Å². The van der Waals surface area contributed by atoms with Crippen molar-refractivity contribution in [3.05, 3.63) is 29.3 Å². The Morgan fingerprint density at radius 2 is 2.04 bits per heavy atom. The molecule has 0 heterocycles. The second-order valence-corrected chi connectivity index (χ2v) is 9.65. The van der Waals surface area contributed by atoms with E-state index in [9.17, 15) is 5.11 Å². The maximum Gasteiger partial charge on any atom is 0.115 e. The predicted octanol–water partition coefficient (Wildman–Crippen LogP) is 6.69. The molecule has 0 aliphatic heterocycles. The Kier molecular flexibility index (Phi) is 4.63. The predicted molar refractivity (Wildman–Crippen MR) is 105 cm³/mol. The van der Waals surface area contributed by atoms with E-state index in [1.165, 1.54) is 63.4 Å². The summed E-state index contributed by atoms with van der Waals surface area (Å²) in [6.07, 6.45) is 12.4. The number of aryl methyl sites for hydroxylation is 1. The molecule has 0 saturated heterocycles. The summed E-state index contributed by atoms with van der Waals surface area (Å²) >= 11 is 0. The normalized spacial score (nSPS) is 37.9. The van der Waals surface area contributed by atoms with Crippen molar-refractivity contribution in [1.82, 2.24) is 0 Å². The Labute approximate surface area is 154 Å². The van der Waals surface area contributed by atoms with Gasteiger partial charge in [0.25, 0.3) is 0 Å². The van der Waals surface area contributed by atoms with Crippen LogP contribution in [0.25, 0.3) is 0 Å². The molecule has 1 aromatic carbocycles. The zero-order valence-electron chi connectivity index (χ0n) is 16.4. The van der Waals surface area contributed by atoms with Gasteiger partial charge in [-0.1, -0.05) is 46.1 Å². The minimum atomic E-state index is 0.448. The first-order valence-electron chi connectivity index (χ1n) is 10.9. The van der Waals surface area contributed by atoms with Crippen molar-refractivity contribution < 1.29 is 5.11 Å². The lowest BCUT2D eigenvalue weighted by molar-refractivity contribution is 0.00984. The van der Waals surface area contributed by atoms with Crippen LogP contribution in [0.3, 0.4) is 0 Å². The van der Waals surface area contributed by atoms with Crippen molar-refractivity contribution in [2.24, 2.45) is 29.1 Å². The topological polar surface area (TPSA) is 20.2 Å². The third kappa shape index (κ3) is 2.82. The Morgan fingerprint density at radius 3 is 2.84 bits per heavy atom. The van der Waals surface area contributed by atoms with Gasteiger partial charge in [0, 0.05) is 0 Å². The van der Waals surface area contributed by atoms with Gasteiger partial charge in [0.05, 0.1) is 0 Å². The summed E-state index contributed by atoms with van der Waals surface area (Å²) in [5.74, 6) is 4.88. The summed E-state index contributed by atoms with van der Waals surface area (Å²) in [6.45, 7) is 7.52. The number of hydrogen-bond donors (Lipinski definition) is 1. The van der Waals surface area contributed by atoms with Gasteiger partial charge in [0.1, 0.15) is 5.75 Å². The minimum Gasteiger partial charge on any atom is -0.508 e. The SMILES string of the molecule is CCCCC(C)[C@H]1CC[C@H]2[C@@H]3CCc4cc(O)ccc4[C@H]3CC[C@]12C. The first kappa shape index (κ1) is 17.4. The third-order valence-corrected chi connectivity index (χ3v) is 8.48. The molecule has 1 N–H and O–H groups in total. The summed E-state index contributed by atoms with van der Waals surface area (Å²) in [6, 6.07) is 6.18. The molecule has 0 radical (unpaired) electrons. The molecule has 0 amide bonds. The van der Waals surface area contributed by atoms with Crippen LogP contribution >= 0.6 is 0 Å². The fraction of sp³-hybridized carbons (Fsp3) is 0.750. The molecule has 2 fully saturated rings. The molecule has 4 rings (SSSR count). The van der Waals surface area contributed by atoms with Gasteiger partial charge in [-0.2, -0.15) is 0 Å². The summed E-state index contributed by atoms with van der Waals surface area (Å²) in [7, 11) is 0. The highest BCUT2D eigenvalue weighted by Gasteiger charge is 2.55. The molecule has 1 unspecified atom stereocenters. The number of benzene rings is 1. The number of unbranched alkanes of at least 4 members (excludes halogenated alkanes) is 1. The monoisotopic (exact) mass is 340 g/mol. The van der Waals surface area contributed by atoms with Crippen molar-refractivity contribution >= 4 is 0 Å². The number of aromatic hydroxyl groups is 1. The lowest BCUT2D eigenvalue weighted by Crippen LogP contribution is -2.43. The zero-order chi connectivity index (χ0) is 17.6. The molecule has 3 aliphatic carbocycles. The highest BCUT2D eigenvalue weighted by Crippen LogP contribution is 2.64. The number of phenols is 1. The highest BCUT2D eigenvalue weighted by atomic mass is 16.3. The third-order valence-electron chi connectivity index (χ3n) is 8.48. The van der Waals surface area contributed by atoms with Gasteiger partial charge < -0.3 is 5.11 Å². The van der Waals surface area contributed by atoms with E-state index in [1.807, 2.05) is 12.1 Å². The Morgan fingerprint density at radius 1 is 1.20 bits per heavy atom. The summed E-state index contributed by atoms with van der Waals surface area (Å²) in [5, 5.41) is 9.84. The van der Waals surface area contributed by atoms with Crippen LogP contribution in [0, 0.1) is 29.1 Å². The van der Waals surface area contributed by atoms with Gasteiger partial charge in [0.15, 0.2) is 0 Å². The zero-order valence-corrected chi connectivity index (χ0v) is 16.4. The van der Waals surface area contributed by atoms with Crippen LogP contribution in [-0.4, -0.2) is 5.11 Å². The molecule has 1 heteroatoms. The molecular formula is C24H36O. The standard InChI is InChI=1S/C24H36O/c1-4-5-6-16(2)22-11-12-23-21-9-7-17-15-18(25)8-10-19(17)20(21)13-14-24(22,23)3/h8,10,15-16,20-23,25H,4-7,9,11-14H2,1-3H3/t16?,20-,21-,22-,23+,24-/m1/s1. The average molecular weight is 341 g/mol. The lowest BCUT2D eigenvalue weighted by Gasteiger charge is -2.52. The van der Waals surface area contributed by atoms with Crippen molar-refractivity contribution in [2.45, 2.75) is 84.5 Å². The van der Waals surface area contributed by atoms with Crippen LogP contribution in [0.5, 0.6) is 5.75 Å². The lowest BCUT2D eigenvalue weighted by atomic mass is 9.53. The smallest absolute Gasteiger partial charge is 0.115 e. The Balaban J connectivity index is 1.57. The van der Waals surface area contributed by atoms with E-state index in [0.717, 1.165) is 29.6 Å². The van der Waals surface area contributed by atoms with E-state index in [1.54, 1.807) is 5.56 Å². The van der Waals surface area contributed by atoms with Crippen molar-refractivity contribution in [3.63, 3.8) is 0 Å². The average Bonchev–Trinajstić information content (AvgIpc) is 2.96. The van der Waals surface area contributed by atoms with Crippen LogP contribution in [0.15, 0.2) is 18.2 Å². The quantitative estimate of drug-likeness (QED) is 0.647. The Bertz CT molecular complexity index is 621. The van der Waals surface area contributed by atoms with Crippen LogP contribution in [-0.2, 0) is 6.42 Å². The summed E-state index contributed by atoms with van der Waals surface area (Å²) < 4.78 is 0. The van der Waals surface area contributed by atoms with Gasteiger partial charge in [0.2, 0.25) is 0 Å². The van der Waals surface area contributed by atoms with E-state index >= 15 is 0 Å². The molecule has 6 atom stereocenters. The van der Waals surface area contributed by atoms with Crippen LogP contribution in [0.2, 0.25) is 0 Å².